The zero-order chi connectivity index (χ0) is 8.81. The number of thioether (sulfide) groups is 1. The summed E-state index contributed by atoms with van der Waals surface area (Å²) in [6.07, 6.45) is 0. The van der Waals surface area contributed by atoms with Gasteiger partial charge in [0.05, 0.1) is 0 Å². The first-order valence-corrected chi connectivity index (χ1v) is 4.67. The van der Waals surface area contributed by atoms with Crippen molar-refractivity contribution in [1.29, 1.82) is 0 Å². The lowest BCUT2D eigenvalue weighted by Gasteiger charge is -1.98. The second kappa shape index (κ2) is 4.83. The quantitative estimate of drug-likeness (QED) is 0.329. The van der Waals surface area contributed by atoms with E-state index in [2.05, 4.69) is 17.3 Å². The van der Waals surface area contributed by atoms with Crippen molar-refractivity contribution in [1.82, 2.24) is 0 Å². The maximum absolute atomic E-state index is 8.38. The lowest BCUT2D eigenvalue weighted by Crippen LogP contribution is -1.85. The van der Waals surface area contributed by atoms with Crippen molar-refractivity contribution >= 4 is 16.8 Å². The van der Waals surface area contributed by atoms with Crippen molar-refractivity contribution in [2.75, 3.05) is 0 Å². The van der Waals surface area contributed by atoms with Crippen LogP contribution >= 0.6 is 11.8 Å². The van der Waals surface area contributed by atoms with Crippen LogP contribution in [-0.2, 0) is 5.75 Å². The van der Waals surface area contributed by atoms with Gasteiger partial charge in [0.2, 0.25) is 0 Å². The van der Waals surface area contributed by atoms with Crippen LogP contribution in [0.3, 0.4) is 0 Å². The lowest BCUT2D eigenvalue weighted by atomic mass is 10.2. The standard InChI is InChI=1S/C9H11NOS/c1-8(10-11)12-7-9-5-3-2-4-6-9/h2-6,11H,7H2,1H3/b10-8+. The maximum Gasteiger partial charge on any atom is 0.110 e. The number of hydrogen-bond donors (Lipinski definition) is 1. The molecule has 0 aromatic heterocycles. The average Bonchev–Trinajstić information content (AvgIpc) is 2.16. The first-order chi connectivity index (χ1) is 5.83. The van der Waals surface area contributed by atoms with Crippen molar-refractivity contribution in [3.63, 3.8) is 0 Å². The van der Waals surface area contributed by atoms with Crippen LogP contribution in [0.25, 0.3) is 0 Å². The van der Waals surface area contributed by atoms with E-state index in [1.165, 1.54) is 17.3 Å². The van der Waals surface area contributed by atoms with Gasteiger partial charge in [-0.05, 0) is 12.5 Å². The van der Waals surface area contributed by atoms with Crippen LogP contribution < -0.4 is 0 Å². The molecule has 0 amide bonds. The Balaban J connectivity index is 2.44. The maximum atomic E-state index is 8.38. The van der Waals surface area contributed by atoms with Gasteiger partial charge in [0, 0.05) is 5.75 Å². The van der Waals surface area contributed by atoms with E-state index in [4.69, 9.17) is 5.21 Å². The first kappa shape index (κ1) is 9.13. The molecule has 1 aromatic rings. The predicted molar refractivity (Wildman–Crippen MR) is 52.6 cm³/mol. The highest BCUT2D eigenvalue weighted by atomic mass is 32.2. The van der Waals surface area contributed by atoms with E-state index < -0.39 is 0 Å². The third-order valence-corrected chi connectivity index (χ3v) is 2.41. The van der Waals surface area contributed by atoms with E-state index in [9.17, 15) is 0 Å². The number of rotatable bonds is 2. The van der Waals surface area contributed by atoms with Crippen LogP contribution in [0.4, 0.5) is 0 Å². The molecule has 12 heavy (non-hydrogen) atoms. The SMILES string of the molecule is C/C(=N\O)SCc1ccccc1. The van der Waals surface area contributed by atoms with Gasteiger partial charge in [0.1, 0.15) is 5.04 Å². The Kier molecular flexibility index (Phi) is 3.67. The molecule has 0 saturated heterocycles. The summed E-state index contributed by atoms with van der Waals surface area (Å²) in [5.41, 5.74) is 1.24. The molecule has 0 aliphatic rings. The van der Waals surface area contributed by atoms with Gasteiger partial charge < -0.3 is 5.21 Å². The molecule has 0 spiro atoms. The fraction of sp³-hybridized carbons (Fsp3) is 0.222. The van der Waals surface area contributed by atoms with E-state index in [0.29, 0.717) is 5.04 Å². The van der Waals surface area contributed by atoms with Crippen molar-refractivity contribution in [3.8, 4) is 0 Å². The largest absolute Gasteiger partial charge is 0.410 e. The topological polar surface area (TPSA) is 32.6 Å². The Hall–Kier alpha value is -0.960. The summed E-state index contributed by atoms with van der Waals surface area (Å²) in [6, 6.07) is 10.1. The molecule has 2 nitrogen and oxygen atoms in total. The molecule has 0 saturated carbocycles. The third kappa shape index (κ3) is 2.96. The number of hydrogen-bond acceptors (Lipinski definition) is 3. The second-order valence-electron chi connectivity index (χ2n) is 2.39. The fourth-order valence-electron chi connectivity index (χ4n) is 0.791. The first-order valence-electron chi connectivity index (χ1n) is 3.68. The lowest BCUT2D eigenvalue weighted by molar-refractivity contribution is 0.320. The van der Waals surface area contributed by atoms with Crippen LogP contribution in [-0.4, -0.2) is 10.3 Å². The molecular weight excluding hydrogens is 170 g/mol. The summed E-state index contributed by atoms with van der Waals surface area (Å²) >= 11 is 1.53. The summed E-state index contributed by atoms with van der Waals surface area (Å²) in [7, 11) is 0. The third-order valence-electron chi connectivity index (χ3n) is 1.43. The van der Waals surface area contributed by atoms with Gasteiger partial charge in [-0.2, -0.15) is 0 Å². The Morgan fingerprint density at radius 3 is 2.67 bits per heavy atom. The molecule has 0 unspecified atom stereocenters. The monoisotopic (exact) mass is 181 g/mol. The van der Waals surface area contributed by atoms with Crippen LogP contribution in [0, 0.1) is 0 Å². The number of oxime groups is 1. The van der Waals surface area contributed by atoms with Gasteiger partial charge >= 0.3 is 0 Å². The molecule has 1 rings (SSSR count). The minimum Gasteiger partial charge on any atom is -0.410 e. The molecule has 0 aliphatic heterocycles. The molecule has 64 valence electrons. The molecular formula is C9H11NOS. The predicted octanol–water partition coefficient (Wildman–Crippen LogP) is 2.73. The van der Waals surface area contributed by atoms with Gasteiger partial charge in [-0.1, -0.05) is 35.5 Å². The molecule has 0 fully saturated rings. The van der Waals surface area contributed by atoms with Crippen LogP contribution in [0.1, 0.15) is 12.5 Å². The number of benzene rings is 1. The van der Waals surface area contributed by atoms with E-state index in [1.807, 2.05) is 18.2 Å². The highest BCUT2D eigenvalue weighted by molar-refractivity contribution is 8.13. The number of nitrogens with zero attached hydrogens (tertiary/aromatic N) is 1. The molecule has 0 radical (unpaired) electrons. The Morgan fingerprint density at radius 1 is 1.42 bits per heavy atom. The van der Waals surface area contributed by atoms with E-state index in [1.54, 1.807) is 6.92 Å². The highest BCUT2D eigenvalue weighted by Crippen LogP contribution is 2.12. The highest BCUT2D eigenvalue weighted by Gasteiger charge is 1.94. The summed E-state index contributed by atoms with van der Waals surface area (Å²) in [5.74, 6) is 0.858. The average molecular weight is 181 g/mol. The fourth-order valence-corrected chi connectivity index (χ4v) is 1.42. The summed E-state index contributed by atoms with van der Waals surface area (Å²) in [5, 5.41) is 12.2. The summed E-state index contributed by atoms with van der Waals surface area (Å²) in [4.78, 5) is 0. The second-order valence-corrected chi connectivity index (χ2v) is 3.56. The zero-order valence-corrected chi connectivity index (χ0v) is 7.71. The van der Waals surface area contributed by atoms with Crippen molar-refractivity contribution in [3.05, 3.63) is 35.9 Å². The van der Waals surface area contributed by atoms with Crippen molar-refractivity contribution in [2.24, 2.45) is 5.16 Å². The van der Waals surface area contributed by atoms with Gasteiger partial charge in [-0.15, -0.1) is 11.8 Å². The van der Waals surface area contributed by atoms with Crippen LogP contribution in [0.2, 0.25) is 0 Å². The molecule has 0 heterocycles. The molecule has 1 aromatic carbocycles. The van der Waals surface area contributed by atoms with Crippen molar-refractivity contribution < 1.29 is 5.21 Å². The van der Waals surface area contributed by atoms with E-state index >= 15 is 0 Å². The Morgan fingerprint density at radius 2 is 2.08 bits per heavy atom. The van der Waals surface area contributed by atoms with Gasteiger partial charge in [0.15, 0.2) is 0 Å². The molecule has 3 heteroatoms. The minimum absolute atomic E-state index is 0.693. The minimum atomic E-state index is 0.693. The molecule has 0 bridgehead atoms. The smallest absolute Gasteiger partial charge is 0.110 e. The summed E-state index contributed by atoms with van der Waals surface area (Å²) < 4.78 is 0. The molecule has 0 aliphatic carbocycles. The summed E-state index contributed by atoms with van der Waals surface area (Å²) in [6.45, 7) is 1.79. The van der Waals surface area contributed by atoms with Crippen LogP contribution in [0.15, 0.2) is 35.5 Å². The van der Waals surface area contributed by atoms with Crippen molar-refractivity contribution in [2.45, 2.75) is 12.7 Å². The van der Waals surface area contributed by atoms with E-state index in [0.717, 1.165) is 5.75 Å². The Labute approximate surface area is 76.3 Å². The van der Waals surface area contributed by atoms with Gasteiger partial charge in [0.25, 0.3) is 0 Å². The molecule has 0 atom stereocenters. The van der Waals surface area contributed by atoms with E-state index in [-0.39, 0.29) is 0 Å². The van der Waals surface area contributed by atoms with Gasteiger partial charge in [-0.3, -0.25) is 0 Å². The zero-order valence-electron chi connectivity index (χ0n) is 6.90. The van der Waals surface area contributed by atoms with Crippen LogP contribution in [0.5, 0.6) is 0 Å². The molecule has 1 N–H and O–H groups in total. The van der Waals surface area contributed by atoms with Gasteiger partial charge in [-0.25, -0.2) is 0 Å². The normalized spacial score (nSPS) is 11.6. The Bertz CT molecular complexity index is 258.